The lowest BCUT2D eigenvalue weighted by atomic mass is 10.2. The molecule has 1 aliphatic heterocycles. The zero-order valence-corrected chi connectivity index (χ0v) is 14.5. The fraction of sp³-hybridized carbons (Fsp3) is 0.353. The van der Waals surface area contributed by atoms with Gasteiger partial charge in [-0.1, -0.05) is 6.07 Å². The summed E-state index contributed by atoms with van der Waals surface area (Å²) < 4.78 is 5.11. The third-order valence-corrected chi connectivity index (χ3v) is 4.88. The first kappa shape index (κ1) is 17.2. The Morgan fingerprint density at radius 1 is 1.08 bits per heavy atom. The number of thiophene rings is 1. The van der Waals surface area contributed by atoms with Gasteiger partial charge in [0.1, 0.15) is 0 Å². The van der Waals surface area contributed by atoms with Crippen LogP contribution in [-0.4, -0.2) is 60.2 Å². The van der Waals surface area contributed by atoms with Gasteiger partial charge in [0.05, 0.1) is 19.2 Å². The molecule has 25 heavy (non-hydrogen) atoms. The molecule has 2 aromatic heterocycles. The Morgan fingerprint density at radius 3 is 2.48 bits per heavy atom. The quantitative estimate of drug-likeness (QED) is 0.861. The van der Waals surface area contributed by atoms with Gasteiger partial charge < -0.3 is 19.5 Å². The second-order valence-corrected chi connectivity index (χ2v) is 6.72. The van der Waals surface area contributed by atoms with Crippen molar-refractivity contribution in [3.63, 3.8) is 0 Å². The highest BCUT2D eigenvalue weighted by Crippen LogP contribution is 2.10. The number of nitrogens with one attached hydrogen (secondary N) is 1. The maximum Gasteiger partial charge on any atom is 0.289 e. The summed E-state index contributed by atoms with van der Waals surface area (Å²) in [7, 11) is 0. The lowest BCUT2D eigenvalue weighted by Gasteiger charge is -2.34. The van der Waals surface area contributed by atoms with Gasteiger partial charge in [0.15, 0.2) is 5.76 Å². The Balaban J connectivity index is 1.41. The van der Waals surface area contributed by atoms with Gasteiger partial charge in [0, 0.05) is 31.1 Å². The van der Waals surface area contributed by atoms with E-state index in [1.807, 2.05) is 17.5 Å². The van der Waals surface area contributed by atoms with E-state index in [9.17, 15) is 14.4 Å². The molecular formula is C17H19N3O4S. The first-order valence-electron chi connectivity index (χ1n) is 8.03. The maximum atomic E-state index is 12.2. The number of amides is 3. The third-order valence-electron chi connectivity index (χ3n) is 4.00. The van der Waals surface area contributed by atoms with Crippen LogP contribution in [0.5, 0.6) is 0 Å². The zero-order chi connectivity index (χ0) is 17.6. The SMILES string of the molecule is O=C(Cc1cccs1)NCC(=O)N1CCN(C(=O)c2ccco2)CC1. The molecule has 0 bridgehead atoms. The largest absolute Gasteiger partial charge is 0.459 e. The second kappa shape index (κ2) is 7.98. The van der Waals surface area contributed by atoms with Crippen molar-refractivity contribution in [2.75, 3.05) is 32.7 Å². The Bertz CT molecular complexity index is 719. The highest BCUT2D eigenvalue weighted by molar-refractivity contribution is 7.10. The van der Waals surface area contributed by atoms with Crippen LogP contribution in [0.4, 0.5) is 0 Å². The van der Waals surface area contributed by atoms with E-state index in [0.29, 0.717) is 31.9 Å². The summed E-state index contributed by atoms with van der Waals surface area (Å²) in [4.78, 5) is 40.5. The molecule has 0 aliphatic carbocycles. The Morgan fingerprint density at radius 2 is 1.84 bits per heavy atom. The molecule has 2 aromatic rings. The molecule has 0 aromatic carbocycles. The molecule has 0 spiro atoms. The summed E-state index contributed by atoms with van der Waals surface area (Å²) >= 11 is 1.51. The van der Waals surface area contributed by atoms with Crippen molar-refractivity contribution in [3.05, 3.63) is 46.5 Å². The summed E-state index contributed by atoms with van der Waals surface area (Å²) in [5.41, 5.74) is 0. The van der Waals surface area contributed by atoms with E-state index in [-0.39, 0.29) is 30.7 Å². The highest BCUT2D eigenvalue weighted by atomic mass is 32.1. The molecule has 3 heterocycles. The van der Waals surface area contributed by atoms with Crippen molar-refractivity contribution in [3.8, 4) is 0 Å². The van der Waals surface area contributed by atoms with Crippen molar-refractivity contribution in [1.82, 2.24) is 15.1 Å². The van der Waals surface area contributed by atoms with Crippen molar-refractivity contribution in [2.45, 2.75) is 6.42 Å². The van der Waals surface area contributed by atoms with Crippen LogP contribution in [0.15, 0.2) is 40.3 Å². The fourth-order valence-corrected chi connectivity index (χ4v) is 3.34. The van der Waals surface area contributed by atoms with E-state index in [2.05, 4.69) is 5.32 Å². The summed E-state index contributed by atoms with van der Waals surface area (Å²) in [5, 5.41) is 4.57. The van der Waals surface area contributed by atoms with Gasteiger partial charge in [0.25, 0.3) is 5.91 Å². The lowest BCUT2D eigenvalue weighted by Crippen LogP contribution is -2.52. The number of nitrogens with zero attached hydrogens (tertiary/aromatic N) is 2. The van der Waals surface area contributed by atoms with Crippen LogP contribution in [0.3, 0.4) is 0 Å². The second-order valence-electron chi connectivity index (χ2n) is 5.68. The maximum absolute atomic E-state index is 12.2. The van der Waals surface area contributed by atoms with E-state index in [0.717, 1.165) is 4.88 Å². The van der Waals surface area contributed by atoms with Crippen LogP contribution in [0.2, 0.25) is 0 Å². The zero-order valence-electron chi connectivity index (χ0n) is 13.6. The molecule has 132 valence electrons. The topological polar surface area (TPSA) is 82.9 Å². The minimum Gasteiger partial charge on any atom is -0.459 e. The normalized spacial score (nSPS) is 14.4. The molecule has 3 rings (SSSR count). The first-order chi connectivity index (χ1) is 12.1. The number of furan rings is 1. The number of piperazine rings is 1. The summed E-state index contributed by atoms with van der Waals surface area (Å²) in [6.45, 7) is 1.79. The van der Waals surface area contributed by atoms with Gasteiger partial charge in [-0.3, -0.25) is 14.4 Å². The highest BCUT2D eigenvalue weighted by Gasteiger charge is 2.26. The van der Waals surface area contributed by atoms with Gasteiger partial charge in [-0.2, -0.15) is 0 Å². The third kappa shape index (κ3) is 4.48. The molecule has 1 aliphatic rings. The standard InChI is InChI=1S/C17H19N3O4S/c21-15(11-13-3-2-10-25-13)18-12-16(22)19-5-7-20(8-6-19)17(23)14-4-1-9-24-14/h1-4,9-10H,5-8,11-12H2,(H,18,21). The van der Waals surface area contributed by atoms with E-state index in [1.54, 1.807) is 21.9 Å². The Labute approximate surface area is 149 Å². The Kier molecular flexibility index (Phi) is 5.49. The molecule has 0 atom stereocenters. The summed E-state index contributed by atoms with van der Waals surface area (Å²) in [5.74, 6) is -0.158. The fourth-order valence-electron chi connectivity index (χ4n) is 2.63. The van der Waals surface area contributed by atoms with Crippen LogP contribution in [0.1, 0.15) is 15.4 Å². The smallest absolute Gasteiger partial charge is 0.289 e. The molecule has 7 nitrogen and oxygen atoms in total. The van der Waals surface area contributed by atoms with Crippen LogP contribution < -0.4 is 5.32 Å². The monoisotopic (exact) mass is 361 g/mol. The molecule has 0 unspecified atom stereocenters. The summed E-state index contributed by atoms with van der Waals surface area (Å²) in [6.07, 6.45) is 1.75. The lowest BCUT2D eigenvalue weighted by molar-refractivity contribution is -0.133. The van der Waals surface area contributed by atoms with E-state index >= 15 is 0 Å². The van der Waals surface area contributed by atoms with Crippen molar-refractivity contribution < 1.29 is 18.8 Å². The first-order valence-corrected chi connectivity index (χ1v) is 8.91. The number of hydrogen-bond donors (Lipinski definition) is 1. The summed E-state index contributed by atoms with van der Waals surface area (Å²) in [6, 6.07) is 7.08. The van der Waals surface area contributed by atoms with Gasteiger partial charge >= 0.3 is 0 Å². The number of carbonyl (C=O) groups is 3. The van der Waals surface area contributed by atoms with E-state index < -0.39 is 0 Å². The van der Waals surface area contributed by atoms with E-state index in [1.165, 1.54) is 17.6 Å². The molecule has 0 radical (unpaired) electrons. The average Bonchev–Trinajstić information content (AvgIpc) is 3.33. The van der Waals surface area contributed by atoms with Crippen LogP contribution in [-0.2, 0) is 16.0 Å². The van der Waals surface area contributed by atoms with Crippen LogP contribution in [0.25, 0.3) is 0 Å². The van der Waals surface area contributed by atoms with Crippen LogP contribution in [0, 0.1) is 0 Å². The number of hydrogen-bond acceptors (Lipinski definition) is 5. The van der Waals surface area contributed by atoms with Crippen molar-refractivity contribution >= 4 is 29.1 Å². The van der Waals surface area contributed by atoms with Crippen molar-refractivity contribution in [1.29, 1.82) is 0 Å². The molecule has 1 N–H and O–H groups in total. The van der Waals surface area contributed by atoms with Gasteiger partial charge in [0.2, 0.25) is 11.8 Å². The van der Waals surface area contributed by atoms with Gasteiger partial charge in [-0.15, -0.1) is 11.3 Å². The molecule has 0 saturated carbocycles. The van der Waals surface area contributed by atoms with Crippen LogP contribution >= 0.6 is 11.3 Å². The number of rotatable bonds is 5. The molecule has 1 saturated heterocycles. The minimum atomic E-state index is -0.165. The molecule has 8 heteroatoms. The predicted octanol–water partition coefficient (Wildman–Crippen LogP) is 0.984. The molecule has 1 fully saturated rings. The Hall–Kier alpha value is -2.61. The van der Waals surface area contributed by atoms with Crippen molar-refractivity contribution in [2.24, 2.45) is 0 Å². The minimum absolute atomic E-state index is 0.0175. The molecular weight excluding hydrogens is 342 g/mol. The van der Waals surface area contributed by atoms with Gasteiger partial charge in [-0.05, 0) is 23.6 Å². The van der Waals surface area contributed by atoms with Gasteiger partial charge in [-0.25, -0.2) is 0 Å². The predicted molar refractivity (Wildman–Crippen MR) is 92.2 cm³/mol. The number of carbonyl (C=O) groups excluding carboxylic acids is 3. The van der Waals surface area contributed by atoms with E-state index in [4.69, 9.17) is 4.42 Å². The average molecular weight is 361 g/mol. The molecule has 3 amide bonds.